The number of nitrogens with two attached hydrogens (primary N) is 1. The molecule has 4 aromatic carbocycles. The molecular weight excluding hydrogens is 1380 g/mol. The van der Waals surface area contributed by atoms with Gasteiger partial charge in [-0.25, -0.2) is 9.78 Å². The molecule has 11 atom stereocenters. The van der Waals surface area contributed by atoms with E-state index in [0.29, 0.717) is 67.6 Å². The number of aliphatic hydroxyl groups is 3. The monoisotopic (exact) mass is 1480 g/mol. The number of allylic oxidation sites excluding steroid dienone is 2. The molecule has 0 saturated carbocycles. The molecule has 11 N–H and O–H groups in total. The minimum Gasteiger partial charge on any atom is -0.507 e. The van der Waals surface area contributed by atoms with Gasteiger partial charge in [0, 0.05) is 148 Å². The van der Waals surface area contributed by atoms with E-state index in [1.54, 1.807) is 71.9 Å². The summed E-state index contributed by atoms with van der Waals surface area (Å²) in [7, 11) is 5.68. The van der Waals surface area contributed by atoms with E-state index >= 15 is 4.79 Å². The zero-order chi connectivity index (χ0) is 78.3. The molecule has 0 unspecified atom stereocenters. The van der Waals surface area contributed by atoms with Crippen LogP contribution in [0, 0.1) is 36.5 Å². The van der Waals surface area contributed by atoms with Crippen molar-refractivity contribution in [3.8, 4) is 11.5 Å². The Kier molecular flexibility index (Phi) is 25.8. The Balaban J connectivity index is 0.942. The van der Waals surface area contributed by atoms with Crippen LogP contribution in [0.1, 0.15) is 125 Å². The number of amides is 8. The van der Waals surface area contributed by atoms with Crippen molar-refractivity contribution < 1.29 is 86.6 Å². The smallest absolute Gasteiger partial charge is 0.312 e. The highest BCUT2D eigenvalue weighted by Crippen LogP contribution is 2.43. The summed E-state index contributed by atoms with van der Waals surface area (Å²) in [5, 5.41) is 60.9. The number of esters is 1. The van der Waals surface area contributed by atoms with E-state index in [9.17, 15) is 63.6 Å². The number of nitrogens with one attached hydrogen (secondary N) is 5. The van der Waals surface area contributed by atoms with E-state index in [-0.39, 0.29) is 117 Å². The van der Waals surface area contributed by atoms with Crippen molar-refractivity contribution in [1.29, 1.82) is 0 Å². The summed E-state index contributed by atoms with van der Waals surface area (Å²) in [6, 6.07) is 7.78. The van der Waals surface area contributed by atoms with Gasteiger partial charge in [0.2, 0.25) is 28.6 Å². The van der Waals surface area contributed by atoms with Crippen molar-refractivity contribution in [2.75, 3.05) is 62.9 Å². The molecule has 4 bridgehead atoms. The number of unbranched alkanes of at least 4 members (excludes halogenated alkanes) is 2. The average molecular weight is 1480 g/mol. The first-order valence-corrected chi connectivity index (χ1v) is 36.3. The quantitative estimate of drug-likeness (QED) is 0.00906. The van der Waals surface area contributed by atoms with Crippen molar-refractivity contribution in [3.63, 3.8) is 0 Å². The van der Waals surface area contributed by atoms with Gasteiger partial charge in [0.25, 0.3) is 17.7 Å². The second-order valence-electron chi connectivity index (χ2n) is 29.6. The van der Waals surface area contributed by atoms with Gasteiger partial charge < -0.3 is 85.5 Å². The first kappa shape index (κ1) is 80.9. The SMILES string of the molecule is CO[C@H]1C=CO[C@@]2(C)Oc3c(C)c(O)c4c(=O)c(c5oc6cc(N7CCC([N+](C)(C)Cc8ccc(NC(=O)[C@H](CCCNC(N)=O)NC(=O)[C@@H](NC(=O)CCCCCN9C(=O)C=CC9=O)C(C)C)cc8)CC7)cc(=O)c6nc5c4c3=C2O)NC(=O)/C(C)=C\C=C[C@H](C)[C@H](O)[C@@H](C)[C@@H](O)[C@@H](C)[C@H](OC(C)=O)[C@@H]1C. The topological polar surface area (TPSA) is 407 Å². The lowest BCUT2D eigenvalue weighted by atomic mass is 9.78. The summed E-state index contributed by atoms with van der Waals surface area (Å²) in [4.78, 5) is 141. The van der Waals surface area contributed by atoms with Crippen LogP contribution in [-0.4, -0.2) is 178 Å². The number of carbonyl (C=O) groups excluding carboxylic acids is 8. The third kappa shape index (κ3) is 18.3. The van der Waals surface area contributed by atoms with E-state index in [2.05, 4.69) is 40.7 Å². The minimum atomic E-state index is -2.05. The molecule has 0 aliphatic carbocycles. The first-order valence-electron chi connectivity index (χ1n) is 36.3. The van der Waals surface area contributed by atoms with E-state index in [4.69, 9.17) is 34.1 Å². The number of urea groups is 1. The molecule has 0 spiro atoms. The zero-order valence-electron chi connectivity index (χ0n) is 62.9. The summed E-state index contributed by atoms with van der Waals surface area (Å²) >= 11 is 0. The molecule has 1 saturated heterocycles. The number of methoxy groups -OCH3 is 1. The number of ether oxygens (including phenoxy) is 4. The third-order valence-corrected chi connectivity index (χ3v) is 21.1. The van der Waals surface area contributed by atoms with Gasteiger partial charge in [0.05, 0.1) is 55.3 Å². The van der Waals surface area contributed by atoms with E-state index < -0.39 is 124 Å². The summed E-state index contributed by atoms with van der Waals surface area (Å²) in [5.41, 5.74) is 4.67. The minimum absolute atomic E-state index is 0.0102. The van der Waals surface area contributed by atoms with E-state index in [1.807, 2.05) is 17.0 Å². The van der Waals surface area contributed by atoms with Crippen LogP contribution >= 0.6 is 0 Å². The Bertz CT molecular complexity index is 4540. The highest BCUT2D eigenvalue weighted by Gasteiger charge is 2.45. The number of imide groups is 1. The Hall–Kier alpha value is -10.2. The van der Waals surface area contributed by atoms with Crippen molar-refractivity contribution >= 4 is 103 Å². The van der Waals surface area contributed by atoms with Gasteiger partial charge in [-0.05, 0) is 63.7 Å². The second kappa shape index (κ2) is 34.1. The van der Waals surface area contributed by atoms with Gasteiger partial charge in [-0.1, -0.05) is 78.3 Å². The number of aromatic nitrogens is 1. The number of hydrogen-bond acceptors (Lipinski definition) is 21. The number of phenols is 1. The van der Waals surface area contributed by atoms with Crippen molar-refractivity contribution in [1.82, 2.24) is 25.8 Å². The van der Waals surface area contributed by atoms with Crippen molar-refractivity contribution in [3.05, 3.63) is 121 Å². The second-order valence-corrected chi connectivity index (χ2v) is 29.6. The lowest BCUT2D eigenvalue weighted by molar-refractivity contribution is -0.928. The molecule has 29 heteroatoms. The Morgan fingerprint density at radius 3 is 2.18 bits per heavy atom. The van der Waals surface area contributed by atoms with Crippen molar-refractivity contribution in [2.45, 2.75) is 175 Å². The summed E-state index contributed by atoms with van der Waals surface area (Å²) in [6.45, 7) is 18.0. The number of quaternary nitrogens is 1. The maximum Gasteiger partial charge on any atom is 0.312 e. The molecule has 5 heterocycles. The Morgan fingerprint density at radius 1 is 0.850 bits per heavy atom. The fourth-order valence-corrected chi connectivity index (χ4v) is 14.6. The zero-order valence-corrected chi connectivity index (χ0v) is 62.9. The number of piperidine rings is 1. The maximum absolute atomic E-state index is 15.2. The highest BCUT2D eigenvalue weighted by molar-refractivity contribution is 6.17. The van der Waals surface area contributed by atoms with Crippen LogP contribution in [0.4, 0.5) is 21.9 Å². The summed E-state index contributed by atoms with van der Waals surface area (Å²) < 4.78 is 31.5. The molecule has 29 nitrogen and oxygen atoms in total. The average Bonchev–Trinajstić information content (AvgIpc) is 1.54. The number of aromatic hydroxyl groups is 1. The number of phenolic OH excluding ortho intramolecular Hbond substituents is 1. The number of anilines is 3. The number of rotatable bonds is 22. The maximum atomic E-state index is 15.2. The standard InChI is InChI=1S/C78H100N10O19/c1-40(2)62(83-56(91)22-15-14-16-33-87-57(92)27-28-58(87)93)76(101)82-52(21-18-32-80-77(79)102)75(100)81-49-25-23-48(24-26-49)39-88(11,12)51-29-34-86(35-30-51)50-37-53(90)63-55(38-50)106-72-64(84-63)59-60-68(96)46(8)71-61(59)73(98)78(10,107-71)104-36-31-54(103-13)43(5)70(105-47(9)89)45(7)67(95)44(6)66(94)41(3)19-17-20-42(4)74(99)85-65(72)69(60)97/h17,19-20,23-28,31,36-38,40-41,43-45,51-52,54,62,66-67,70,94-95H,14-16,18,21-22,29-30,32-35,39H2,1-13H3,(H8-,79,80,81,82,83,84,85,90,91,92,93,96,97,98,99,100,101,102)/p+1/b19-17?,36-31?,42-20-/t41-,43+,44+,45+,52-,54-,62-,66-,67+,70+,78-/m0/s1. The first-order chi connectivity index (χ1) is 50.5. The normalized spacial score (nSPS) is 23.6. The van der Waals surface area contributed by atoms with Crippen LogP contribution in [0.2, 0.25) is 0 Å². The molecule has 107 heavy (non-hydrogen) atoms. The molecule has 1 aromatic heterocycles. The number of aliphatic hydroxyl groups excluding tert-OH is 3. The fourth-order valence-electron chi connectivity index (χ4n) is 14.6. The molecule has 1 fully saturated rings. The molecule has 5 aromatic rings. The molecule has 4 aliphatic rings. The molecule has 9 rings (SSSR count). The van der Waals surface area contributed by atoms with Gasteiger partial charge in [0.1, 0.15) is 47.4 Å². The van der Waals surface area contributed by atoms with Crippen LogP contribution in [0.25, 0.3) is 38.7 Å². The predicted molar refractivity (Wildman–Crippen MR) is 401 cm³/mol. The third-order valence-electron chi connectivity index (χ3n) is 21.1. The van der Waals surface area contributed by atoms with Crippen LogP contribution in [0.5, 0.6) is 11.5 Å². The van der Waals surface area contributed by atoms with Crippen LogP contribution in [0.3, 0.4) is 0 Å². The van der Waals surface area contributed by atoms with Gasteiger partial charge in [-0.2, -0.15) is 0 Å². The molecular formula is C78H101N10O19+. The van der Waals surface area contributed by atoms with Crippen LogP contribution in [-0.2, 0) is 54.3 Å². The molecule has 8 amide bonds. The number of fused-ring (bicyclic) bond motifs is 2. The highest BCUT2D eigenvalue weighted by atomic mass is 16.7. The Labute approximate surface area is 619 Å². The molecule has 4 aliphatic heterocycles. The van der Waals surface area contributed by atoms with Crippen molar-refractivity contribution in [2.24, 2.45) is 35.3 Å². The fraction of sp³-hybridized carbons (Fsp3) is 0.500. The van der Waals surface area contributed by atoms with Crippen LogP contribution in [0.15, 0.2) is 98.7 Å². The number of carbonyl (C=O) groups is 8. The lowest BCUT2D eigenvalue weighted by Gasteiger charge is -2.43. The number of nitrogens with zero attached hydrogens (tertiary/aromatic N) is 4. The van der Waals surface area contributed by atoms with E-state index in [0.717, 1.165) is 10.5 Å². The molecule has 576 valence electrons. The number of benzene rings is 4. The van der Waals surface area contributed by atoms with Gasteiger partial charge in [-0.3, -0.25) is 48.1 Å². The van der Waals surface area contributed by atoms with Gasteiger partial charge >= 0.3 is 17.8 Å². The lowest BCUT2D eigenvalue weighted by Crippen LogP contribution is -2.54. The predicted octanol–water partition coefficient (Wildman–Crippen LogP) is 6.30. The Morgan fingerprint density at radius 2 is 1.53 bits per heavy atom. The molecule has 0 radical (unpaired) electrons. The van der Waals surface area contributed by atoms with Gasteiger partial charge in [0.15, 0.2) is 22.4 Å². The number of hydrogen-bond donors (Lipinski definition) is 10. The van der Waals surface area contributed by atoms with Gasteiger partial charge in [-0.15, -0.1) is 0 Å². The van der Waals surface area contributed by atoms with E-state index in [1.165, 1.54) is 71.4 Å². The largest absolute Gasteiger partial charge is 0.507 e. The van der Waals surface area contributed by atoms with Crippen LogP contribution < -0.4 is 58.0 Å². The summed E-state index contributed by atoms with van der Waals surface area (Å²) in [6.07, 6.45) is 9.10. The number of primary amides is 1. The summed E-state index contributed by atoms with van der Waals surface area (Å²) in [5.74, 6) is -9.99.